The van der Waals surface area contributed by atoms with Crippen molar-refractivity contribution in [1.82, 2.24) is 10.2 Å². The third-order valence-corrected chi connectivity index (χ3v) is 5.61. The summed E-state index contributed by atoms with van der Waals surface area (Å²) in [4.78, 5) is 29.0. The van der Waals surface area contributed by atoms with Crippen LogP contribution in [0.4, 0.5) is 14.9 Å². The number of carbonyl (C=O) groups is 2. The van der Waals surface area contributed by atoms with Crippen molar-refractivity contribution in [2.45, 2.75) is 25.4 Å². The standard InChI is InChI=1S/C26H26FN3O2/c27-22-11-13-24(14-12-22)30-19-23(17-25(30)31)28-26(32)29(18-21-9-5-2-6-10-21)16-15-20-7-3-1-4-8-20/h1-14,23H,15-19H2,(H,28,32). The highest BCUT2D eigenvalue weighted by Crippen LogP contribution is 2.22. The van der Waals surface area contributed by atoms with Gasteiger partial charge >= 0.3 is 6.03 Å². The third kappa shape index (κ3) is 5.52. The summed E-state index contributed by atoms with van der Waals surface area (Å²) < 4.78 is 13.2. The SMILES string of the molecule is O=C(NC1CC(=O)N(c2ccc(F)cc2)C1)N(CCc1ccccc1)Cc1ccccc1. The normalized spacial score (nSPS) is 15.6. The fraction of sp³-hybridized carbons (Fsp3) is 0.231. The molecule has 1 atom stereocenters. The Labute approximate surface area is 187 Å². The first kappa shape index (κ1) is 21.6. The number of nitrogens with zero attached hydrogens (tertiary/aromatic N) is 2. The molecule has 0 spiro atoms. The van der Waals surface area contributed by atoms with E-state index >= 15 is 0 Å². The molecule has 164 valence electrons. The zero-order valence-corrected chi connectivity index (χ0v) is 17.8. The minimum atomic E-state index is -0.347. The first-order chi connectivity index (χ1) is 15.6. The lowest BCUT2D eigenvalue weighted by Gasteiger charge is -2.25. The number of urea groups is 1. The molecule has 5 nitrogen and oxygen atoms in total. The number of nitrogens with one attached hydrogen (secondary N) is 1. The van der Waals surface area contributed by atoms with Gasteiger partial charge < -0.3 is 15.1 Å². The van der Waals surface area contributed by atoms with Gasteiger partial charge in [-0.2, -0.15) is 0 Å². The van der Waals surface area contributed by atoms with Crippen LogP contribution in [0.5, 0.6) is 0 Å². The van der Waals surface area contributed by atoms with Gasteiger partial charge in [0.2, 0.25) is 5.91 Å². The summed E-state index contributed by atoms with van der Waals surface area (Å²) in [5.41, 5.74) is 2.85. The van der Waals surface area contributed by atoms with Crippen LogP contribution in [0.15, 0.2) is 84.9 Å². The Bertz CT molecular complexity index is 1040. The molecule has 0 radical (unpaired) electrons. The zero-order chi connectivity index (χ0) is 22.3. The number of rotatable bonds is 7. The van der Waals surface area contributed by atoms with Gasteiger partial charge in [0.25, 0.3) is 0 Å². The molecule has 1 aliphatic heterocycles. The van der Waals surface area contributed by atoms with E-state index < -0.39 is 0 Å². The van der Waals surface area contributed by atoms with E-state index in [4.69, 9.17) is 0 Å². The smallest absolute Gasteiger partial charge is 0.318 e. The Morgan fingerprint density at radius 2 is 1.56 bits per heavy atom. The third-order valence-electron chi connectivity index (χ3n) is 5.61. The molecule has 1 heterocycles. The van der Waals surface area contributed by atoms with Gasteiger partial charge in [0.15, 0.2) is 0 Å². The molecule has 1 aliphatic rings. The van der Waals surface area contributed by atoms with Crippen LogP contribution in [0, 0.1) is 5.82 Å². The molecule has 3 aromatic carbocycles. The van der Waals surface area contributed by atoms with Crippen LogP contribution in [-0.2, 0) is 17.8 Å². The molecule has 6 heteroatoms. The largest absolute Gasteiger partial charge is 0.333 e. The van der Waals surface area contributed by atoms with Crippen molar-refractivity contribution in [1.29, 1.82) is 0 Å². The second kappa shape index (κ2) is 10.1. The van der Waals surface area contributed by atoms with Crippen LogP contribution >= 0.6 is 0 Å². The van der Waals surface area contributed by atoms with Gasteiger partial charge in [-0.3, -0.25) is 4.79 Å². The van der Waals surface area contributed by atoms with E-state index in [-0.39, 0.29) is 30.2 Å². The quantitative estimate of drug-likeness (QED) is 0.603. The Kier molecular flexibility index (Phi) is 6.80. The summed E-state index contributed by atoms with van der Waals surface area (Å²) in [6.45, 7) is 1.42. The molecule has 0 saturated carbocycles. The van der Waals surface area contributed by atoms with Crippen molar-refractivity contribution >= 4 is 17.6 Å². The van der Waals surface area contributed by atoms with Crippen LogP contribution in [0.1, 0.15) is 17.5 Å². The van der Waals surface area contributed by atoms with Gasteiger partial charge in [-0.25, -0.2) is 9.18 Å². The van der Waals surface area contributed by atoms with Gasteiger partial charge in [-0.05, 0) is 41.8 Å². The second-order valence-corrected chi connectivity index (χ2v) is 7.97. The van der Waals surface area contributed by atoms with Gasteiger partial charge in [0.05, 0.1) is 6.04 Å². The predicted octanol–water partition coefficient (Wildman–Crippen LogP) is 4.39. The number of amides is 3. The molecular formula is C26H26FN3O2. The number of benzene rings is 3. The summed E-state index contributed by atoms with van der Waals surface area (Å²) in [5, 5.41) is 3.03. The van der Waals surface area contributed by atoms with Crippen molar-refractivity contribution in [2.75, 3.05) is 18.0 Å². The first-order valence-electron chi connectivity index (χ1n) is 10.8. The highest BCUT2D eigenvalue weighted by molar-refractivity contribution is 5.96. The van der Waals surface area contributed by atoms with E-state index in [2.05, 4.69) is 17.4 Å². The molecule has 3 amide bonds. The maximum absolute atomic E-state index is 13.2. The number of hydrogen-bond acceptors (Lipinski definition) is 2. The van der Waals surface area contributed by atoms with E-state index in [9.17, 15) is 14.0 Å². The predicted molar refractivity (Wildman–Crippen MR) is 123 cm³/mol. The Balaban J connectivity index is 1.42. The molecule has 1 N–H and O–H groups in total. The van der Waals surface area contributed by atoms with E-state index in [1.54, 1.807) is 21.9 Å². The van der Waals surface area contributed by atoms with E-state index in [1.807, 2.05) is 48.5 Å². The molecule has 32 heavy (non-hydrogen) atoms. The van der Waals surface area contributed by atoms with E-state index in [0.717, 1.165) is 17.5 Å². The Morgan fingerprint density at radius 3 is 2.22 bits per heavy atom. The monoisotopic (exact) mass is 431 g/mol. The molecule has 0 aliphatic carbocycles. The summed E-state index contributed by atoms with van der Waals surface area (Å²) in [6, 6.07) is 25.3. The Morgan fingerprint density at radius 1 is 0.938 bits per heavy atom. The van der Waals surface area contributed by atoms with Gasteiger partial charge in [0, 0.05) is 31.7 Å². The van der Waals surface area contributed by atoms with Crippen molar-refractivity contribution in [3.05, 3.63) is 102 Å². The molecular weight excluding hydrogens is 405 g/mol. The molecule has 1 saturated heterocycles. The van der Waals surface area contributed by atoms with E-state index in [0.29, 0.717) is 25.3 Å². The van der Waals surface area contributed by atoms with Crippen LogP contribution in [0.25, 0.3) is 0 Å². The molecule has 3 aromatic rings. The minimum absolute atomic E-state index is 0.0826. The van der Waals surface area contributed by atoms with Crippen molar-refractivity contribution in [3.63, 3.8) is 0 Å². The van der Waals surface area contributed by atoms with Gasteiger partial charge in [-0.1, -0.05) is 60.7 Å². The maximum Gasteiger partial charge on any atom is 0.318 e. The van der Waals surface area contributed by atoms with Crippen LogP contribution in [0.2, 0.25) is 0 Å². The van der Waals surface area contributed by atoms with Crippen LogP contribution in [0.3, 0.4) is 0 Å². The molecule has 1 fully saturated rings. The lowest BCUT2D eigenvalue weighted by molar-refractivity contribution is -0.117. The molecule has 4 rings (SSSR count). The van der Waals surface area contributed by atoms with Crippen molar-refractivity contribution in [3.8, 4) is 0 Å². The summed E-state index contributed by atoms with van der Waals surface area (Å²) in [6.07, 6.45) is 0.966. The number of halogens is 1. The summed E-state index contributed by atoms with van der Waals surface area (Å²) in [7, 11) is 0. The number of carbonyl (C=O) groups excluding carboxylic acids is 2. The second-order valence-electron chi connectivity index (χ2n) is 7.97. The average Bonchev–Trinajstić information content (AvgIpc) is 3.18. The zero-order valence-electron chi connectivity index (χ0n) is 17.8. The Hall–Kier alpha value is -3.67. The lowest BCUT2D eigenvalue weighted by Crippen LogP contribution is -2.46. The lowest BCUT2D eigenvalue weighted by atomic mass is 10.1. The fourth-order valence-corrected chi connectivity index (χ4v) is 3.91. The molecule has 1 unspecified atom stereocenters. The maximum atomic E-state index is 13.2. The van der Waals surface area contributed by atoms with Crippen LogP contribution < -0.4 is 10.2 Å². The van der Waals surface area contributed by atoms with E-state index in [1.165, 1.54) is 12.1 Å². The minimum Gasteiger partial charge on any atom is -0.333 e. The molecule has 0 aromatic heterocycles. The van der Waals surface area contributed by atoms with Gasteiger partial charge in [-0.15, -0.1) is 0 Å². The fourth-order valence-electron chi connectivity index (χ4n) is 3.91. The highest BCUT2D eigenvalue weighted by atomic mass is 19.1. The number of hydrogen-bond donors (Lipinski definition) is 1. The first-order valence-corrected chi connectivity index (χ1v) is 10.8. The van der Waals surface area contributed by atoms with Crippen molar-refractivity contribution < 1.29 is 14.0 Å². The summed E-state index contributed by atoms with van der Waals surface area (Å²) >= 11 is 0. The summed E-state index contributed by atoms with van der Waals surface area (Å²) in [5.74, 6) is -0.430. The number of anilines is 1. The topological polar surface area (TPSA) is 52.7 Å². The highest BCUT2D eigenvalue weighted by Gasteiger charge is 2.32. The van der Waals surface area contributed by atoms with Crippen LogP contribution in [-0.4, -0.2) is 36.0 Å². The average molecular weight is 432 g/mol. The van der Waals surface area contributed by atoms with Crippen molar-refractivity contribution in [2.24, 2.45) is 0 Å². The molecule has 0 bridgehead atoms. The van der Waals surface area contributed by atoms with Gasteiger partial charge in [0.1, 0.15) is 5.82 Å².